The van der Waals surface area contributed by atoms with E-state index < -0.39 is 0 Å². The Kier molecular flexibility index (Phi) is 3.72. The van der Waals surface area contributed by atoms with Crippen molar-refractivity contribution in [2.75, 3.05) is 0 Å². The molecule has 0 atom stereocenters. The van der Waals surface area contributed by atoms with Crippen LogP contribution < -0.4 is 4.74 Å². The van der Waals surface area contributed by atoms with E-state index in [9.17, 15) is 4.39 Å². The molecule has 0 N–H and O–H groups in total. The smallest absolute Gasteiger partial charge is 0.130 e. The van der Waals surface area contributed by atoms with Crippen molar-refractivity contribution >= 4 is 0 Å². The highest BCUT2D eigenvalue weighted by atomic mass is 19.1. The molecule has 2 heteroatoms. The molecule has 0 spiro atoms. The summed E-state index contributed by atoms with van der Waals surface area (Å²) in [4.78, 5) is 0. The molecule has 2 aromatic rings. The van der Waals surface area contributed by atoms with Crippen molar-refractivity contribution in [3.63, 3.8) is 0 Å². The van der Waals surface area contributed by atoms with Crippen LogP contribution in [0.15, 0.2) is 36.4 Å². The molecule has 1 aliphatic rings. The highest BCUT2D eigenvalue weighted by molar-refractivity contribution is 5.37. The lowest BCUT2D eigenvalue weighted by Crippen LogP contribution is -2.04. The predicted octanol–water partition coefficient (Wildman–Crippen LogP) is 4.59. The summed E-state index contributed by atoms with van der Waals surface area (Å²) >= 11 is 0. The number of hydrogen-bond donors (Lipinski definition) is 0. The van der Waals surface area contributed by atoms with Crippen LogP contribution in [0.4, 0.5) is 4.39 Å². The maximum atomic E-state index is 13.7. The summed E-state index contributed by atoms with van der Waals surface area (Å²) in [6.45, 7) is 2.17. The van der Waals surface area contributed by atoms with Gasteiger partial charge in [0, 0.05) is 5.56 Å². The highest BCUT2D eigenvalue weighted by Crippen LogP contribution is 2.26. The Morgan fingerprint density at radius 3 is 2.60 bits per heavy atom. The van der Waals surface area contributed by atoms with Crippen LogP contribution in [0.5, 0.6) is 5.75 Å². The quantitative estimate of drug-likeness (QED) is 0.792. The van der Waals surface area contributed by atoms with Gasteiger partial charge in [0.2, 0.25) is 0 Å². The molecule has 0 heterocycles. The van der Waals surface area contributed by atoms with Gasteiger partial charge in [-0.3, -0.25) is 0 Å². The molecule has 0 fully saturated rings. The molecule has 104 valence electrons. The first-order chi connectivity index (χ1) is 9.72. The van der Waals surface area contributed by atoms with Crippen LogP contribution in [0, 0.1) is 12.7 Å². The van der Waals surface area contributed by atoms with Gasteiger partial charge >= 0.3 is 0 Å². The molecular weight excluding hydrogens is 251 g/mol. The first-order valence-electron chi connectivity index (χ1n) is 7.22. The molecule has 0 bridgehead atoms. The fourth-order valence-electron chi connectivity index (χ4n) is 2.73. The Balaban J connectivity index is 1.72. The molecule has 1 nitrogen and oxygen atoms in total. The fraction of sp³-hybridized carbons (Fsp3) is 0.333. The molecular formula is C18H19FO. The van der Waals surface area contributed by atoms with E-state index >= 15 is 0 Å². The topological polar surface area (TPSA) is 9.23 Å². The lowest BCUT2D eigenvalue weighted by atomic mass is 9.92. The Bertz CT molecular complexity index is 619. The normalized spacial score (nSPS) is 13.9. The van der Waals surface area contributed by atoms with Crippen molar-refractivity contribution < 1.29 is 9.13 Å². The maximum Gasteiger partial charge on any atom is 0.130 e. The molecule has 1 aliphatic carbocycles. The molecule has 0 unspecified atom stereocenters. The van der Waals surface area contributed by atoms with E-state index in [2.05, 4.69) is 12.1 Å². The first kappa shape index (κ1) is 13.2. The summed E-state index contributed by atoms with van der Waals surface area (Å²) in [5.74, 6) is 0.647. The summed E-state index contributed by atoms with van der Waals surface area (Å²) in [6, 6.07) is 11.5. The van der Waals surface area contributed by atoms with Crippen LogP contribution in [-0.2, 0) is 19.4 Å². The minimum absolute atomic E-state index is 0.192. The standard InChI is InChI=1S/C18H19FO/c1-13-6-7-16(18(19)10-13)12-20-17-9-8-14-4-2-3-5-15(14)11-17/h6-11H,2-5,12H2,1H3. The second-order valence-electron chi connectivity index (χ2n) is 5.52. The fourth-order valence-corrected chi connectivity index (χ4v) is 2.73. The van der Waals surface area contributed by atoms with Gasteiger partial charge in [0.15, 0.2) is 0 Å². The van der Waals surface area contributed by atoms with Crippen LogP contribution in [0.3, 0.4) is 0 Å². The third kappa shape index (κ3) is 2.84. The number of fused-ring (bicyclic) bond motifs is 1. The monoisotopic (exact) mass is 270 g/mol. The Morgan fingerprint density at radius 1 is 1.00 bits per heavy atom. The van der Waals surface area contributed by atoms with Gasteiger partial charge in [0.25, 0.3) is 0 Å². The third-order valence-electron chi connectivity index (χ3n) is 3.92. The summed E-state index contributed by atoms with van der Waals surface area (Å²) in [7, 11) is 0. The van der Waals surface area contributed by atoms with Gasteiger partial charge in [-0.1, -0.05) is 18.2 Å². The SMILES string of the molecule is Cc1ccc(COc2ccc3c(c2)CCCC3)c(F)c1. The highest BCUT2D eigenvalue weighted by Gasteiger charge is 2.10. The molecule has 0 radical (unpaired) electrons. The predicted molar refractivity (Wildman–Crippen MR) is 78.6 cm³/mol. The minimum Gasteiger partial charge on any atom is -0.489 e. The Labute approximate surface area is 119 Å². The molecule has 20 heavy (non-hydrogen) atoms. The average molecular weight is 270 g/mol. The van der Waals surface area contributed by atoms with E-state index in [4.69, 9.17) is 4.74 Å². The largest absolute Gasteiger partial charge is 0.489 e. The van der Waals surface area contributed by atoms with Gasteiger partial charge in [0.1, 0.15) is 18.2 Å². The molecule has 0 saturated carbocycles. The zero-order valence-electron chi connectivity index (χ0n) is 11.8. The van der Waals surface area contributed by atoms with Gasteiger partial charge in [-0.05, 0) is 67.5 Å². The van der Waals surface area contributed by atoms with Gasteiger partial charge in [-0.15, -0.1) is 0 Å². The number of ether oxygens (including phenoxy) is 1. The molecule has 0 amide bonds. The Hall–Kier alpha value is -1.83. The average Bonchev–Trinajstić information content (AvgIpc) is 2.46. The number of benzene rings is 2. The lowest BCUT2D eigenvalue weighted by molar-refractivity contribution is 0.299. The van der Waals surface area contributed by atoms with Crippen LogP contribution in [0.2, 0.25) is 0 Å². The Morgan fingerprint density at radius 2 is 1.80 bits per heavy atom. The van der Waals surface area contributed by atoms with E-state index in [1.54, 1.807) is 12.1 Å². The molecule has 0 aliphatic heterocycles. The van der Waals surface area contributed by atoms with Crippen molar-refractivity contribution in [2.45, 2.75) is 39.2 Å². The van der Waals surface area contributed by atoms with Crippen molar-refractivity contribution in [2.24, 2.45) is 0 Å². The van der Waals surface area contributed by atoms with Crippen molar-refractivity contribution in [3.8, 4) is 5.75 Å². The molecule has 3 rings (SSSR count). The van der Waals surface area contributed by atoms with Crippen LogP contribution in [-0.4, -0.2) is 0 Å². The maximum absolute atomic E-state index is 13.7. The first-order valence-corrected chi connectivity index (χ1v) is 7.22. The van der Waals surface area contributed by atoms with E-state index in [0.717, 1.165) is 17.7 Å². The van der Waals surface area contributed by atoms with Crippen molar-refractivity contribution in [1.29, 1.82) is 0 Å². The number of halogens is 1. The number of rotatable bonds is 3. The molecule has 0 aromatic heterocycles. The molecule has 0 saturated heterocycles. The summed E-state index contributed by atoms with van der Waals surface area (Å²) < 4.78 is 19.5. The van der Waals surface area contributed by atoms with Crippen LogP contribution >= 0.6 is 0 Å². The number of aryl methyl sites for hydroxylation is 3. The van der Waals surface area contributed by atoms with E-state index in [1.807, 2.05) is 19.1 Å². The van der Waals surface area contributed by atoms with E-state index in [1.165, 1.54) is 30.4 Å². The zero-order valence-corrected chi connectivity index (χ0v) is 11.8. The summed E-state index contributed by atoms with van der Waals surface area (Å²) in [6.07, 6.45) is 4.83. The third-order valence-corrected chi connectivity index (χ3v) is 3.92. The summed E-state index contributed by atoms with van der Waals surface area (Å²) in [5, 5.41) is 0. The van der Waals surface area contributed by atoms with Crippen molar-refractivity contribution in [1.82, 2.24) is 0 Å². The van der Waals surface area contributed by atoms with Gasteiger partial charge in [-0.2, -0.15) is 0 Å². The number of hydrogen-bond acceptors (Lipinski definition) is 1. The lowest BCUT2D eigenvalue weighted by Gasteiger charge is -2.17. The van der Waals surface area contributed by atoms with E-state index in [-0.39, 0.29) is 12.4 Å². The summed E-state index contributed by atoms with van der Waals surface area (Å²) in [5.41, 5.74) is 4.36. The van der Waals surface area contributed by atoms with Gasteiger partial charge in [0.05, 0.1) is 0 Å². The molecule has 2 aromatic carbocycles. The minimum atomic E-state index is -0.192. The van der Waals surface area contributed by atoms with Gasteiger partial charge in [-0.25, -0.2) is 4.39 Å². The van der Waals surface area contributed by atoms with E-state index in [0.29, 0.717) is 5.56 Å². The second-order valence-corrected chi connectivity index (χ2v) is 5.52. The van der Waals surface area contributed by atoms with Crippen molar-refractivity contribution in [3.05, 3.63) is 64.5 Å². The van der Waals surface area contributed by atoms with Crippen LogP contribution in [0.1, 0.15) is 35.1 Å². The second kappa shape index (κ2) is 5.66. The zero-order chi connectivity index (χ0) is 13.9. The van der Waals surface area contributed by atoms with Crippen LogP contribution in [0.25, 0.3) is 0 Å². The van der Waals surface area contributed by atoms with Gasteiger partial charge < -0.3 is 4.74 Å².